The van der Waals surface area contributed by atoms with Crippen LogP contribution in [0.4, 0.5) is 0 Å². The highest BCUT2D eigenvalue weighted by atomic mass is 79.9. The Morgan fingerprint density at radius 1 is 1.28 bits per heavy atom. The molecule has 2 aromatic rings. The van der Waals surface area contributed by atoms with Gasteiger partial charge < -0.3 is 5.32 Å². The molecule has 2 heterocycles. The normalized spacial score (nSPS) is 24.1. The van der Waals surface area contributed by atoms with Gasteiger partial charge >= 0.3 is 0 Å². The molecule has 1 aromatic carbocycles. The van der Waals surface area contributed by atoms with Gasteiger partial charge in [-0.05, 0) is 24.6 Å². The molecule has 1 saturated heterocycles. The second-order valence-corrected chi connectivity index (χ2v) is 6.38. The molecule has 1 N–H and O–H groups in total. The van der Waals surface area contributed by atoms with Crippen LogP contribution in [-0.2, 0) is 0 Å². The van der Waals surface area contributed by atoms with Gasteiger partial charge in [0.05, 0.1) is 5.01 Å². The molecular formula is C14H15BrN2S. The molecule has 1 aliphatic rings. The molecule has 1 aromatic heterocycles. The van der Waals surface area contributed by atoms with Crippen molar-refractivity contribution in [3.8, 4) is 0 Å². The standard InChI is InChI=1S/C14H15BrN2S/c15-13-4-2-1-3-10(13)12-9-16-6-5-11(12)14-17-7-8-18-14/h1-4,7-8,11-12,16H,5-6,9H2. The molecule has 0 amide bonds. The number of rotatable bonds is 2. The molecule has 2 atom stereocenters. The van der Waals surface area contributed by atoms with E-state index in [1.54, 1.807) is 11.3 Å². The van der Waals surface area contributed by atoms with Crippen LogP contribution in [0.25, 0.3) is 0 Å². The lowest BCUT2D eigenvalue weighted by Crippen LogP contribution is -2.34. The van der Waals surface area contributed by atoms with Crippen molar-refractivity contribution in [2.24, 2.45) is 0 Å². The summed E-state index contributed by atoms with van der Waals surface area (Å²) < 4.78 is 1.21. The highest BCUT2D eigenvalue weighted by molar-refractivity contribution is 9.10. The number of aromatic nitrogens is 1. The minimum atomic E-state index is 0.514. The first kappa shape index (κ1) is 12.3. The van der Waals surface area contributed by atoms with Gasteiger partial charge in [-0.1, -0.05) is 34.1 Å². The molecule has 0 saturated carbocycles. The Bertz CT molecular complexity index is 512. The van der Waals surface area contributed by atoms with Crippen LogP contribution in [0.5, 0.6) is 0 Å². The average molecular weight is 323 g/mol. The van der Waals surface area contributed by atoms with Crippen LogP contribution in [0.3, 0.4) is 0 Å². The summed E-state index contributed by atoms with van der Waals surface area (Å²) in [4.78, 5) is 4.52. The molecule has 0 bridgehead atoms. The van der Waals surface area contributed by atoms with Crippen molar-refractivity contribution in [1.82, 2.24) is 10.3 Å². The largest absolute Gasteiger partial charge is 0.316 e. The van der Waals surface area contributed by atoms with Gasteiger partial charge in [0, 0.05) is 34.4 Å². The van der Waals surface area contributed by atoms with Crippen LogP contribution in [0.2, 0.25) is 0 Å². The lowest BCUT2D eigenvalue weighted by molar-refractivity contribution is 0.402. The smallest absolute Gasteiger partial charge is 0.0962 e. The first-order valence-electron chi connectivity index (χ1n) is 6.21. The summed E-state index contributed by atoms with van der Waals surface area (Å²) in [5.41, 5.74) is 1.39. The van der Waals surface area contributed by atoms with E-state index >= 15 is 0 Å². The van der Waals surface area contributed by atoms with E-state index < -0.39 is 0 Å². The number of piperidine rings is 1. The van der Waals surface area contributed by atoms with E-state index in [0.29, 0.717) is 11.8 Å². The van der Waals surface area contributed by atoms with E-state index in [-0.39, 0.29) is 0 Å². The zero-order valence-corrected chi connectivity index (χ0v) is 12.4. The monoisotopic (exact) mass is 322 g/mol. The number of thiazole rings is 1. The van der Waals surface area contributed by atoms with Crippen molar-refractivity contribution in [3.63, 3.8) is 0 Å². The third-order valence-corrected chi connectivity index (χ3v) is 5.19. The van der Waals surface area contributed by atoms with E-state index in [0.717, 1.165) is 13.1 Å². The third-order valence-electron chi connectivity index (χ3n) is 3.56. The number of benzene rings is 1. The van der Waals surface area contributed by atoms with Crippen molar-refractivity contribution in [2.75, 3.05) is 13.1 Å². The van der Waals surface area contributed by atoms with Crippen LogP contribution >= 0.6 is 27.3 Å². The van der Waals surface area contributed by atoms with Gasteiger partial charge in [0.15, 0.2) is 0 Å². The minimum absolute atomic E-state index is 0.514. The SMILES string of the molecule is Brc1ccccc1C1CNCCC1c1nccs1. The summed E-state index contributed by atoms with van der Waals surface area (Å²) in [7, 11) is 0. The van der Waals surface area contributed by atoms with Gasteiger partial charge in [0.25, 0.3) is 0 Å². The Morgan fingerprint density at radius 3 is 2.94 bits per heavy atom. The van der Waals surface area contributed by atoms with E-state index in [2.05, 4.69) is 55.9 Å². The highest BCUT2D eigenvalue weighted by Gasteiger charge is 2.30. The second kappa shape index (κ2) is 5.51. The van der Waals surface area contributed by atoms with Gasteiger partial charge in [-0.3, -0.25) is 0 Å². The summed E-state index contributed by atoms with van der Waals surface area (Å²) in [5.74, 6) is 1.06. The molecule has 3 rings (SSSR count). The zero-order valence-electron chi connectivity index (χ0n) is 9.97. The third kappa shape index (κ3) is 2.37. The van der Waals surface area contributed by atoms with Gasteiger partial charge in [-0.15, -0.1) is 11.3 Å². The molecule has 18 heavy (non-hydrogen) atoms. The Hall–Kier alpha value is -0.710. The van der Waals surface area contributed by atoms with Crippen LogP contribution in [-0.4, -0.2) is 18.1 Å². The molecule has 94 valence electrons. The number of hydrogen-bond donors (Lipinski definition) is 1. The average Bonchev–Trinajstić information content (AvgIpc) is 2.93. The topological polar surface area (TPSA) is 24.9 Å². The molecule has 2 unspecified atom stereocenters. The number of nitrogens with zero attached hydrogens (tertiary/aromatic N) is 1. The summed E-state index contributed by atoms with van der Waals surface area (Å²) in [6.45, 7) is 2.12. The maximum absolute atomic E-state index is 4.52. The van der Waals surface area contributed by atoms with Crippen molar-refractivity contribution in [2.45, 2.75) is 18.3 Å². The van der Waals surface area contributed by atoms with Crippen molar-refractivity contribution >= 4 is 27.3 Å². The summed E-state index contributed by atoms with van der Waals surface area (Å²) in [6.07, 6.45) is 3.08. The van der Waals surface area contributed by atoms with Crippen LogP contribution in [0.15, 0.2) is 40.3 Å². The Balaban J connectivity index is 1.95. The second-order valence-electron chi connectivity index (χ2n) is 4.60. The van der Waals surface area contributed by atoms with Gasteiger partial charge in [-0.2, -0.15) is 0 Å². The molecule has 4 heteroatoms. The lowest BCUT2D eigenvalue weighted by atomic mass is 9.82. The quantitative estimate of drug-likeness (QED) is 0.910. The van der Waals surface area contributed by atoms with Crippen LogP contribution < -0.4 is 5.32 Å². The first-order chi connectivity index (χ1) is 8.86. The van der Waals surface area contributed by atoms with Crippen LogP contribution in [0.1, 0.15) is 28.8 Å². The number of hydrogen-bond acceptors (Lipinski definition) is 3. The number of nitrogens with one attached hydrogen (secondary N) is 1. The lowest BCUT2D eigenvalue weighted by Gasteiger charge is -2.31. The summed E-state index contributed by atoms with van der Waals surface area (Å²) in [6, 6.07) is 8.54. The van der Waals surface area contributed by atoms with Crippen molar-refractivity contribution < 1.29 is 0 Å². The van der Waals surface area contributed by atoms with E-state index in [9.17, 15) is 0 Å². The van der Waals surface area contributed by atoms with E-state index in [4.69, 9.17) is 0 Å². The van der Waals surface area contributed by atoms with E-state index in [1.807, 2.05) is 6.20 Å². The molecule has 1 aliphatic heterocycles. The van der Waals surface area contributed by atoms with E-state index in [1.165, 1.54) is 21.5 Å². The van der Waals surface area contributed by atoms with Crippen molar-refractivity contribution in [1.29, 1.82) is 0 Å². The predicted octanol–water partition coefficient (Wildman–Crippen LogP) is 3.77. The Morgan fingerprint density at radius 2 is 2.17 bits per heavy atom. The Labute approximate surface area is 120 Å². The predicted molar refractivity (Wildman–Crippen MR) is 79.2 cm³/mol. The fourth-order valence-corrected chi connectivity index (χ4v) is 4.09. The maximum atomic E-state index is 4.52. The van der Waals surface area contributed by atoms with Crippen molar-refractivity contribution in [3.05, 3.63) is 50.9 Å². The van der Waals surface area contributed by atoms with Gasteiger partial charge in [0.1, 0.15) is 0 Å². The zero-order chi connectivity index (χ0) is 12.4. The van der Waals surface area contributed by atoms with Gasteiger partial charge in [0.2, 0.25) is 0 Å². The molecular weight excluding hydrogens is 308 g/mol. The highest BCUT2D eigenvalue weighted by Crippen LogP contribution is 2.40. The maximum Gasteiger partial charge on any atom is 0.0962 e. The fraction of sp³-hybridized carbons (Fsp3) is 0.357. The number of halogens is 1. The van der Waals surface area contributed by atoms with Crippen LogP contribution in [0, 0.1) is 0 Å². The molecule has 2 nitrogen and oxygen atoms in total. The minimum Gasteiger partial charge on any atom is -0.316 e. The molecule has 1 fully saturated rings. The first-order valence-corrected chi connectivity index (χ1v) is 7.88. The summed E-state index contributed by atoms with van der Waals surface area (Å²) >= 11 is 5.46. The Kier molecular flexibility index (Phi) is 3.77. The molecule has 0 aliphatic carbocycles. The molecule has 0 radical (unpaired) electrons. The summed E-state index contributed by atoms with van der Waals surface area (Å²) in [5, 5.41) is 6.86. The fourth-order valence-electron chi connectivity index (χ4n) is 2.67. The van der Waals surface area contributed by atoms with Gasteiger partial charge in [-0.25, -0.2) is 4.98 Å². The molecule has 0 spiro atoms.